The van der Waals surface area contributed by atoms with Gasteiger partial charge in [0, 0.05) is 12.6 Å². The summed E-state index contributed by atoms with van der Waals surface area (Å²) in [5, 5.41) is 14.6. The van der Waals surface area contributed by atoms with Crippen molar-refractivity contribution in [3.8, 4) is 0 Å². The lowest BCUT2D eigenvalue weighted by Gasteiger charge is -2.13. The Morgan fingerprint density at radius 1 is 1.17 bits per heavy atom. The first-order valence-corrected chi connectivity index (χ1v) is 6.41. The van der Waals surface area contributed by atoms with E-state index >= 15 is 0 Å². The minimum atomic E-state index is -0.810. The Labute approximate surface area is 107 Å². The number of carbonyl (C=O) groups excluding carboxylic acids is 1. The molecule has 2 aliphatic carbocycles. The van der Waals surface area contributed by atoms with Gasteiger partial charge in [0.15, 0.2) is 0 Å². The van der Waals surface area contributed by atoms with Gasteiger partial charge in [-0.15, -0.1) is 0 Å². The second-order valence-electron chi connectivity index (χ2n) is 6.79. The van der Waals surface area contributed by atoms with Crippen LogP contribution in [-0.4, -0.2) is 29.7 Å². The zero-order valence-electron chi connectivity index (χ0n) is 11.5. The third kappa shape index (κ3) is 1.85. The summed E-state index contributed by atoms with van der Waals surface area (Å²) in [5.74, 6) is -0.810. The lowest BCUT2D eigenvalue weighted by molar-refractivity contribution is -0.143. The monoisotopic (exact) mass is 254 g/mol. The quantitative estimate of drug-likeness (QED) is 0.712. The zero-order valence-corrected chi connectivity index (χ0v) is 11.5. The molecule has 2 aliphatic rings. The number of carboxylic acid groups (broad SMARTS) is 1. The first-order valence-electron chi connectivity index (χ1n) is 6.41. The molecule has 5 nitrogen and oxygen atoms in total. The van der Waals surface area contributed by atoms with Crippen molar-refractivity contribution in [3.05, 3.63) is 0 Å². The molecule has 0 aliphatic heterocycles. The molecule has 102 valence electrons. The maximum atomic E-state index is 11.8. The molecule has 2 saturated carbocycles. The van der Waals surface area contributed by atoms with Crippen molar-refractivity contribution >= 4 is 12.0 Å². The van der Waals surface area contributed by atoms with Crippen LogP contribution in [0.3, 0.4) is 0 Å². The van der Waals surface area contributed by atoms with E-state index < -0.39 is 11.4 Å². The minimum Gasteiger partial charge on any atom is -0.481 e. The number of urea groups is 1. The van der Waals surface area contributed by atoms with E-state index in [2.05, 4.69) is 38.3 Å². The van der Waals surface area contributed by atoms with Crippen molar-refractivity contribution in [1.29, 1.82) is 0 Å². The predicted molar refractivity (Wildman–Crippen MR) is 67.2 cm³/mol. The van der Waals surface area contributed by atoms with Crippen molar-refractivity contribution in [2.24, 2.45) is 16.2 Å². The maximum Gasteiger partial charge on any atom is 0.315 e. The van der Waals surface area contributed by atoms with Crippen molar-refractivity contribution in [2.45, 2.75) is 46.6 Å². The van der Waals surface area contributed by atoms with Gasteiger partial charge in [-0.1, -0.05) is 27.7 Å². The summed E-state index contributed by atoms with van der Waals surface area (Å²) in [4.78, 5) is 22.7. The van der Waals surface area contributed by atoms with Gasteiger partial charge in [0.05, 0.1) is 5.41 Å². The lowest BCUT2D eigenvalue weighted by atomic mass is 10.0. The fourth-order valence-electron chi connectivity index (χ4n) is 2.61. The van der Waals surface area contributed by atoms with Crippen LogP contribution in [0.1, 0.15) is 40.5 Å². The Balaban J connectivity index is 1.80. The highest BCUT2D eigenvalue weighted by Gasteiger charge is 2.65. The summed E-state index contributed by atoms with van der Waals surface area (Å²) in [6.07, 6.45) is 1.31. The summed E-state index contributed by atoms with van der Waals surface area (Å²) in [6.45, 7) is 8.71. The topological polar surface area (TPSA) is 78.4 Å². The molecule has 2 amide bonds. The minimum absolute atomic E-state index is 0.0917. The molecular formula is C13H22N2O3. The molecule has 0 aromatic rings. The number of carbonyl (C=O) groups is 2. The number of rotatable bonds is 4. The number of aliphatic carboxylic acids is 1. The van der Waals surface area contributed by atoms with Crippen LogP contribution in [-0.2, 0) is 4.79 Å². The summed E-state index contributed by atoms with van der Waals surface area (Å²) < 4.78 is 0. The van der Waals surface area contributed by atoms with E-state index in [0.29, 0.717) is 12.8 Å². The molecule has 2 rings (SSSR count). The molecule has 0 aromatic heterocycles. The fraction of sp³-hybridized carbons (Fsp3) is 0.846. The molecule has 0 bridgehead atoms. The molecule has 5 heteroatoms. The van der Waals surface area contributed by atoms with Gasteiger partial charge in [0.1, 0.15) is 0 Å². The molecule has 0 heterocycles. The van der Waals surface area contributed by atoms with Gasteiger partial charge in [-0.25, -0.2) is 4.79 Å². The van der Waals surface area contributed by atoms with E-state index in [9.17, 15) is 9.59 Å². The van der Waals surface area contributed by atoms with Crippen LogP contribution in [0.2, 0.25) is 0 Å². The van der Waals surface area contributed by atoms with Crippen molar-refractivity contribution in [1.82, 2.24) is 10.6 Å². The number of carboxylic acids is 1. The van der Waals surface area contributed by atoms with Gasteiger partial charge in [-0.3, -0.25) is 4.79 Å². The van der Waals surface area contributed by atoms with Crippen LogP contribution in [0.4, 0.5) is 4.79 Å². The molecule has 0 unspecified atom stereocenters. The molecule has 0 saturated heterocycles. The van der Waals surface area contributed by atoms with Gasteiger partial charge in [-0.05, 0) is 23.7 Å². The van der Waals surface area contributed by atoms with E-state index in [1.54, 1.807) is 0 Å². The molecule has 0 radical (unpaired) electrons. The molecule has 3 N–H and O–H groups in total. The van der Waals surface area contributed by atoms with Crippen LogP contribution in [0.25, 0.3) is 0 Å². The number of hydrogen-bond acceptors (Lipinski definition) is 2. The van der Waals surface area contributed by atoms with Crippen LogP contribution in [0.15, 0.2) is 0 Å². The Bertz CT molecular complexity index is 383. The summed E-state index contributed by atoms with van der Waals surface area (Å²) in [6, 6.07) is -0.115. The molecule has 2 fully saturated rings. The Morgan fingerprint density at radius 2 is 1.67 bits per heavy atom. The van der Waals surface area contributed by atoms with Gasteiger partial charge in [-0.2, -0.15) is 0 Å². The Hall–Kier alpha value is -1.26. The first kappa shape index (κ1) is 13.2. The third-order valence-corrected chi connectivity index (χ3v) is 5.19. The standard InChI is InChI=1S/C13H22N2O3/c1-11(2)8(12(11,3)4)15-10(18)14-7-13(5-6-13)9(16)17/h8H,5-7H2,1-4H3,(H,16,17)(H2,14,15,18). The normalized spacial score (nSPS) is 26.2. The Morgan fingerprint density at radius 3 is 2.00 bits per heavy atom. The molecule has 0 atom stereocenters. The summed E-state index contributed by atoms with van der Waals surface area (Å²) in [7, 11) is 0. The molecular weight excluding hydrogens is 232 g/mol. The van der Waals surface area contributed by atoms with Crippen molar-refractivity contribution < 1.29 is 14.7 Å². The molecule has 0 aromatic carbocycles. The molecule has 18 heavy (non-hydrogen) atoms. The van der Waals surface area contributed by atoms with Crippen LogP contribution in [0, 0.1) is 16.2 Å². The van der Waals surface area contributed by atoms with Crippen LogP contribution < -0.4 is 10.6 Å². The number of hydrogen-bond donors (Lipinski definition) is 3. The van der Waals surface area contributed by atoms with E-state index in [1.165, 1.54) is 0 Å². The highest BCUT2D eigenvalue weighted by molar-refractivity contribution is 5.80. The average Bonchev–Trinajstić information content (AvgIpc) is 3.10. The Kier molecular flexibility index (Phi) is 2.65. The third-order valence-electron chi connectivity index (χ3n) is 5.19. The smallest absolute Gasteiger partial charge is 0.315 e. The SMILES string of the molecule is CC1(C)C(NC(=O)NCC2(C(=O)O)CC2)C1(C)C. The highest BCUT2D eigenvalue weighted by atomic mass is 16.4. The van der Waals surface area contributed by atoms with Crippen molar-refractivity contribution in [2.75, 3.05) is 6.54 Å². The largest absolute Gasteiger partial charge is 0.481 e. The van der Waals surface area contributed by atoms with Gasteiger partial charge >= 0.3 is 12.0 Å². The molecule has 0 spiro atoms. The fourth-order valence-corrected chi connectivity index (χ4v) is 2.61. The second kappa shape index (κ2) is 3.62. The van der Waals surface area contributed by atoms with E-state index in [1.807, 2.05) is 0 Å². The summed E-state index contributed by atoms with van der Waals surface area (Å²) >= 11 is 0. The van der Waals surface area contributed by atoms with Crippen molar-refractivity contribution in [3.63, 3.8) is 0 Å². The van der Waals surface area contributed by atoms with Crippen LogP contribution >= 0.6 is 0 Å². The van der Waals surface area contributed by atoms with Gasteiger partial charge in [0.25, 0.3) is 0 Å². The lowest BCUT2D eigenvalue weighted by Crippen LogP contribution is -2.43. The van der Waals surface area contributed by atoms with E-state index in [4.69, 9.17) is 5.11 Å². The highest BCUT2D eigenvalue weighted by Crippen LogP contribution is 2.62. The predicted octanol–water partition coefficient (Wildman–Crippen LogP) is 1.58. The number of amides is 2. The van der Waals surface area contributed by atoms with Gasteiger partial charge < -0.3 is 15.7 Å². The van der Waals surface area contributed by atoms with E-state index in [-0.39, 0.29) is 29.4 Å². The van der Waals surface area contributed by atoms with E-state index in [0.717, 1.165) is 0 Å². The second-order valence-corrected chi connectivity index (χ2v) is 6.79. The van der Waals surface area contributed by atoms with Gasteiger partial charge in [0.2, 0.25) is 0 Å². The first-order chi connectivity index (χ1) is 8.13. The summed E-state index contributed by atoms with van der Waals surface area (Å²) in [5.41, 5.74) is -0.519. The average molecular weight is 254 g/mol. The van der Waals surface area contributed by atoms with Crippen LogP contribution in [0.5, 0.6) is 0 Å². The maximum absolute atomic E-state index is 11.8. The zero-order chi connectivity index (χ0) is 13.8. The number of nitrogens with one attached hydrogen (secondary N) is 2.